The zero-order valence-electron chi connectivity index (χ0n) is 15.1. The molecule has 1 unspecified atom stereocenters. The van der Waals surface area contributed by atoms with E-state index in [1.54, 1.807) is 10.7 Å². The number of likely N-dealkylation sites (N-methyl/N-ethyl adjacent to an activating group) is 1. The predicted molar refractivity (Wildman–Crippen MR) is 95.5 cm³/mol. The van der Waals surface area contributed by atoms with Crippen molar-refractivity contribution in [3.8, 4) is 0 Å². The van der Waals surface area contributed by atoms with Gasteiger partial charge in [-0.05, 0) is 69.5 Å². The molecule has 25 heavy (non-hydrogen) atoms. The van der Waals surface area contributed by atoms with Crippen molar-refractivity contribution in [2.45, 2.75) is 57.5 Å². The molecule has 0 aromatic carbocycles. The van der Waals surface area contributed by atoms with Gasteiger partial charge in [-0.3, -0.25) is 14.5 Å². The molecule has 0 spiro atoms. The Hall–Kier alpha value is -1.69. The number of aromatic nitrogens is 2. The maximum atomic E-state index is 12.4. The number of rotatable bonds is 3. The molecule has 1 atom stereocenters. The first-order chi connectivity index (χ1) is 12.1. The van der Waals surface area contributed by atoms with E-state index in [1.165, 1.54) is 0 Å². The van der Waals surface area contributed by atoms with Gasteiger partial charge in [-0.1, -0.05) is 0 Å². The monoisotopic (exact) mass is 344 g/mol. The second-order valence-electron chi connectivity index (χ2n) is 7.89. The van der Waals surface area contributed by atoms with E-state index in [9.17, 15) is 9.59 Å². The Kier molecular flexibility index (Phi) is 4.63. The topological polar surface area (TPSA) is 58.4 Å². The molecule has 1 aromatic heterocycles. The van der Waals surface area contributed by atoms with Gasteiger partial charge in [0.05, 0.1) is 11.7 Å². The molecule has 2 saturated heterocycles. The van der Waals surface area contributed by atoms with E-state index in [2.05, 4.69) is 10.00 Å². The summed E-state index contributed by atoms with van der Waals surface area (Å²) in [6.45, 7) is 3.51. The van der Waals surface area contributed by atoms with Crippen LogP contribution in [0.1, 0.15) is 43.4 Å². The van der Waals surface area contributed by atoms with Gasteiger partial charge >= 0.3 is 0 Å². The van der Waals surface area contributed by atoms with Gasteiger partial charge in [-0.25, -0.2) is 4.68 Å². The summed E-state index contributed by atoms with van der Waals surface area (Å²) in [5.74, 6) is 0.763. The third kappa shape index (κ3) is 3.36. The Bertz CT molecular complexity index is 706. The van der Waals surface area contributed by atoms with Crippen LogP contribution in [0.15, 0.2) is 10.9 Å². The van der Waals surface area contributed by atoms with E-state index >= 15 is 0 Å². The first-order valence-corrected chi connectivity index (χ1v) is 9.71. The van der Waals surface area contributed by atoms with Gasteiger partial charge in [-0.2, -0.15) is 5.10 Å². The lowest BCUT2D eigenvalue weighted by Gasteiger charge is -2.40. The van der Waals surface area contributed by atoms with Crippen LogP contribution in [0.2, 0.25) is 0 Å². The Labute approximate surface area is 148 Å². The van der Waals surface area contributed by atoms with Crippen LogP contribution >= 0.6 is 0 Å². The third-order valence-corrected chi connectivity index (χ3v) is 6.18. The van der Waals surface area contributed by atoms with Gasteiger partial charge < -0.3 is 4.90 Å². The highest BCUT2D eigenvalue weighted by Gasteiger charge is 2.33. The van der Waals surface area contributed by atoms with Crippen LogP contribution in [0.3, 0.4) is 0 Å². The molecule has 0 bridgehead atoms. The summed E-state index contributed by atoms with van der Waals surface area (Å²) in [5.41, 5.74) is 2.32. The molecule has 0 N–H and O–H groups in total. The summed E-state index contributed by atoms with van der Waals surface area (Å²) in [7, 11) is 1.91. The van der Waals surface area contributed by atoms with Crippen molar-refractivity contribution in [1.29, 1.82) is 0 Å². The van der Waals surface area contributed by atoms with Crippen LogP contribution in [0.25, 0.3) is 0 Å². The largest absolute Gasteiger partial charge is 0.344 e. The summed E-state index contributed by atoms with van der Waals surface area (Å²) >= 11 is 0. The number of piperidine rings is 2. The average Bonchev–Trinajstić information content (AvgIpc) is 3.05. The average molecular weight is 344 g/mol. The number of fused-ring (bicyclic) bond motifs is 1. The molecule has 2 fully saturated rings. The van der Waals surface area contributed by atoms with Crippen molar-refractivity contribution in [3.05, 3.63) is 27.7 Å². The lowest BCUT2D eigenvalue weighted by Crippen LogP contribution is -2.53. The normalized spacial score (nSPS) is 25.4. The molecule has 1 aromatic rings. The molecular weight excluding hydrogens is 316 g/mol. The standard InChI is InChI=1S/C19H28N4O2/c1-21-9-3-6-17(19(21)25)22-10-7-14(8-11-22)13-23-18(24)12-15-4-2-5-16(15)20-23/h12,14,17H,2-11,13H2,1H3. The van der Waals surface area contributed by atoms with E-state index in [0.29, 0.717) is 5.92 Å². The quantitative estimate of drug-likeness (QED) is 0.823. The van der Waals surface area contributed by atoms with Crippen LogP contribution in [0.5, 0.6) is 0 Å². The Morgan fingerprint density at radius 3 is 2.68 bits per heavy atom. The molecule has 3 heterocycles. The molecular formula is C19H28N4O2. The predicted octanol–water partition coefficient (Wildman–Crippen LogP) is 1.06. The van der Waals surface area contributed by atoms with Crippen molar-refractivity contribution in [2.24, 2.45) is 5.92 Å². The van der Waals surface area contributed by atoms with Crippen LogP contribution in [-0.2, 0) is 24.2 Å². The Morgan fingerprint density at radius 1 is 1.08 bits per heavy atom. The first kappa shape index (κ1) is 16.8. The number of carbonyl (C=O) groups excluding carboxylic acids is 1. The van der Waals surface area contributed by atoms with Crippen LogP contribution in [0.4, 0.5) is 0 Å². The lowest BCUT2D eigenvalue weighted by molar-refractivity contribution is -0.139. The van der Waals surface area contributed by atoms with Crippen molar-refractivity contribution in [2.75, 3.05) is 26.7 Å². The molecule has 6 nitrogen and oxygen atoms in total. The van der Waals surface area contributed by atoms with E-state index in [1.807, 2.05) is 11.9 Å². The number of likely N-dealkylation sites (tertiary alicyclic amines) is 2. The fourth-order valence-corrected chi connectivity index (χ4v) is 4.61. The number of amides is 1. The maximum Gasteiger partial charge on any atom is 0.267 e. The molecule has 1 aliphatic carbocycles. The fraction of sp³-hybridized carbons (Fsp3) is 0.737. The van der Waals surface area contributed by atoms with E-state index in [4.69, 9.17) is 0 Å². The molecule has 0 radical (unpaired) electrons. The van der Waals surface area contributed by atoms with Gasteiger partial charge in [0.2, 0.25) is 5.91 Å². The number of hydrogen-bond acceptors (Lipinski definition) is 4. The summed E-state index contributed by atoms with van der Waals surface area (Å²) in [5, 5.41) is 4.61. The third-order valence-electron chi connectivity index (χ3n) is 6.18. The molecule has 3 aliphatic rings. The van der Waals surface area contributed by atoms with Crippen molar-refractivity contribution < 1.29 is 4.79 Å². The maximum absolute atomic E-state index is 12.4. The molecule has 6 heteroatoms. The number of hydrogen-bond donors (Lipinski definition) is 0. The van der Waals surface area contributed by atoms with Gasteiger partial charge in [0.25, 0.3) is 5.56 Å². The highest BCUT2D eigenvalue weighted by Crippen LogP contribution is 2.25. The highest BCUT2D eigenvalue weighted by molar-refractivity contribution is 5.82. The van der Waals surface area contributed by atoms with Crippen molar-refractivity contribution in [1.82, 2.24) is 19.6 Å². The van der Waals surface area contributed by atoms with E-state index < -0.39 is 0 Å². The van der Waals surface area contributed by atoms with Crippen LogP contribution in [0, 0.1) is 5.92 Å². The minimum atomic E-state index is 0.0483. The van der Waals surface area contributed by atoms with E-state index in [0.717, 1.165) is 82.4 Å². The van der Waals surface area contributed by atoms with Gasteiger partial charge in [0.1, 0.15) is 0 Å². The summed E-state index contributed by atoms with van der Waals surface area (Å²) < 4.78 is 1.68. The van der Waals surface area contributed by atoms with Crippen LogP contribution in [-0.4, -0.2) is 58.2 Å². The summed E-state index contributed by atoms with van der Waals surface area (Å²) in [6, 6.07) is 1.86. The minimum Gasteiger partial charge on any atom is -0.344 e. The fourth-order valence-electron chi connectivity index (χ4n) is 4.61. The second kappa shape index (κ2) is 6.90. The van der Waals surface area contributed by atoms with Crippen molar-refractivity contribution in [3.63, 3.8) is 0 Å². The van der Waals surface area contributed by atoms with E-state index in [-0.39, 0.29) is 17.5 Å². The van der Waals surface area contributed by atoms with Gasteiger partial charge in [-0.15, -0.1) is 0 Å². The summed E-state index contributed by atoms with van der Waals surface area (Å²) in [4.78, 5) is 28.9. The SMILES string of the molecule is CN1CCCC(N2CCC(Cn3nc4c(cc3=O)CCC4)CC2)C1=O. The van der Waals surface area contributed by atoms with Crippen LogP contribution < -0.4 is 5.56 Å². The summed E-state index contributed by atoms with van der Waals surface area (Å²) in [6.07, 6.45) is 7.29. The van der Waals surface area contributed by atoms with Gasteiger partial charge in [0, 0.05) is 26.2 Å². The van der Waals surface area contributed by atoms with Crippen molar-refractivity contribution >= 4 is 5.91 Å². The number of carbonyl (C=O) groups is 1. The zero-order chi connectivity index (χ0) is 17.4. The molecule has 2 aliphatic heterocycles. The first-order valence-electron chi connectivity index (χ1n) is 9.71. The Morgan fingerprint density at radius 2 is 1.88 bits per heavy atom. The lowest BCUT2D eigenvalue weighted by atomic mass is 9.93. The Balaban J connectivity index is 1.36. The zero-order valence-corrected chi connectivity index (χ0v) is 15.1. The smallest absolute Gasteiger partial charge is 0.267 e. The molecule has 4 rings (SSSR count). The number of nitrogens with zero attached hydrogens (tertiary/aromatic N) is 4. The van der Waals surface area contributed by atoms with Gasteiger partial charge in [0.15, 0.2) is 0 Å². The molecule has 0 saturated carbocycles. The molecule has 136 valence electrons. The second-order valence-corrected chi connectivity index (χ2v) is 7.89. The number of aryl methyl sites for hydroxylation is 2. The minimum absolute atomic E-state index is 0.0483. The highest BCUT2D eigenvalue weighted by atomic mass is 16.2. The molecule has 1 amide bonds.